The van der Waals surface area contributed by atoms with E-state index in [9.17, 15) is 19.5 Å². The van der Waals surface area contributed by atoms with Gasteiger partial charge in [0.1, 0.15) is 17.6 Å². The van der Waals surface area contributed by atoms with Crippen molar-refractivity contribution in [3.05, 3.63) is 90.5 Å². The normalized spacial score (nSPS) is 16.7. The van der Waals surface area contributed by atoms with E-state index in [0.29, 0.717) is 35.1 Å². The van der Waals surface area contributed by atoms with Gasteiger partial charge < -0.3 is 40.3 Å². The van der Waals surface area contributed by atoms with Gasteiger partial charge in [0.15, 0.2) is 0 Å². The van der Waals surface area contributed by atoms with Gasteiger partial charge in [-0.15, -0.1) is 0 Å². The molecule has 5 rings (SSSR count). The Kier molecular flexibility index (Phi) is 9.92. The summed E-state index contributed by atoms with van der Waals surface area (Å²) in [6.45, 7) is 4.02. The Bertz CT molecular complexity index is 1710. The minimum atomic E-state index is -0.491. The fourth-order valence-corrected chi connectivity index (χ4v) is 5.38. The molecule has 0 saturated heterocycles. The summed E-state index contributed by atoms with van der Waals surface area (Å²) in [6, 6.07) is 24.1. The van der Waals surface area contributed by atoms with Gasteiger partial charge in [-0.2, -0.15) is 0 Å². The minimum absolute atomic E-state index is 0.188. The molecule has 0 radical (unpaired) electrons. The van der Waals surface area contributed by atoms with Crippen LogP contribution in [0.25, 0.3) is 10.8 Å². The lowest BCUT2D eigenvalue weighted by molar-refractivity contribution is 0.0371. The van der Waals surface area contributed by atoms with Crippen molar-refractivity contribution in [1.29, 1.82) is 0 Å². The summed E-state index contributed by atoms with van der Waals surface area (Å²) in [6.07, 6.45) is -0.485. The molecule has 0 unspecified atom stereocenters. The number of carbonyl (C=O) groups is 3. The number of carbonyl (C=O) groups excluding carboxylic acids is 3. The summed E-state index contributed by atoms with van der Waals surface area (Å²) in [4.78, 5) is 43.0. The molecule has 1 heterocycles. The summed E-state index contributed by atoms with van der Waals surface area (Å²) >= 11 is 0. The van der Waals surface area contributed by atoms with Crippen LogP contribution in [-0.2, 0) is 0 Å². The predicted molar refractivity (Wildman–Crippen MR) is 179 cm³/mol. The highest BCUT2D eigenvalue weighted by Crippen LogP contribution is 2.31. The Morgan fingerprint density at radius 1 is 1.00 bits per heavy atom. The highest BCUT2D eigenvalue weighted by Gasteiger charge is 2.34. The number of fused-ring (bicyclic) bond motifs is 2. The first-order chi connectivity index (χ1) is 22.2. The Morgan fingerprint density at radius 2 is 1.70 bits per heavy atom. The maximum Gasteiger partial charge on any atom is 0.323 e. The van der Waals surface area contributed by atoms with E-state index in [4.69, 9.17) is 9.47 Å². The molecule has 1 aliphatic heterocycles. The molecule has 4 aromatic rings. The standard InChI is InChI=1S/C35H39N5O6/c1-22-19-40(23(2)21-41)33(42)29-18-26(37-34(43)36-25-12-15-27(45-4)16-13-25)14-17-31(29)46-32(22)20-39(3)35(44)38-30-11-7-9-24-8-5-6-10-28(24)30/h5-18,22-23,32,41H,19-21H2,1-4H3,(H,38,44)(H2,36,37,43)/t22-,23-,32-/m1/s1. The number of nitrogens with zero attached hydrogens (tertiary/aromatic N) is 2. The van der Waals surface area contributed by atoms with Crippen molar-refractivity contribution < 1.29 is 29.0 Å². The van der Waals surface area contributed by atoms with Crippen LogP contribution in [-0.4, -0.2) is 78.9 Å². The van der Waals surface area contributed by atoms with Crippen LogP contribution in [0.3, 0.4) is 0 Å². The van der Waals surface area contributed by atoms with Crippen molar-refractivity contribution in [2.45, 2.75) is 26.0 Å². The third-order valence-corrected chi connectivity index (χ3v) is 8.10. The summed E-state index contributed by atoms with van der Waals surface area (Å²) in [5.41, 5.74) is 1.89. The smallest absolute Gasteiger partial charge is 0.323 e. The van der Waals surface area contributed by atoms with E-state index in [1.54, 1.807) is 73.3 Å². The van der Waals surface area contributed by atoms with E-state index in [1.807, 2.05) is 49.4 Å². The molecule has 240 valence electrons. The topological polar surface area (TPSA) is 132 Å². The third kappa shape index (κ3) is 7.32. The van der Waals surface area contributed by atoms with Crippen molar-refractivity contribution in [2.75, 3.05) is 49.8 Å². The van der Waals surface area contributed by atoms with E-state index in [1.165, 1.54) is 0 Å². The van der Waals surface area contributed by atoms with Crippen LogP contribution in [0.1, 0.15) is 24.2 Å². The molecule has 0 aromatic heterocycles. The molecular weight excluding hydrogens is 586 g/mol. The van der Waals surface area contributed by atoms with Crippen molar-refractivity contribution in [3.8, 4) is 11.5 Å². The highest BCUT2D eigenvalue weighted by molar-refractivity contribution is 6.03. The van der Waals surface area contributed by atoms with Crippen LogP contribution in [0.15, 0.2) is 84.9 Å². The SMILES string of the molecule is COc1ccc(NC(=O)Nc2ccc3c(c2)C(=O)N([C@H](C)CO)C[C@@H](C)[C@@H](CN(C)C(=O)Nc2cccc4ccccc24)O3)cc1. The van der Waals surface area contributed by atoms with Gasteiger partial charge in [-0.3, -0.25) is 4.79 Å². The fraction of sp³-hybridized carbons (Fsp3) is 0.286. The lowest BCUT2D eigenvalue weighted by Gasteiger charge is -2.38. The highest BCUT2D eigenvalue weighted by atomic mass is 16.5. The molecule has 4 N–H and O–H groups in total. The molecule has 11 nitrogen and oxygen atoms in total. The van der Waals surface area contributed by atoms with Crippen molar-refractivity contribution in [2.24, 2.45) is 5.92 Å². The Hall–Kier alpha value is -5.29. The molecule has 0 bridgehead atoms. The van der Waals surface area contributed by atoms with Gasteiger partial charge in [0.05, 0.1) is 37.6 Å². The number of amides is 5. The number of ether oxygens (including phenoxy) is 2. The molecule has 0 fully saturated rings. The first kappa shape index (κ1) is 32.1. The number of methoxy groups -OCH3 is 1. The number of anilines is 3. The van der Waals surface area contributed by atoms with Gasteiger partial charge in [0.2, 0.25) is 0 Å². The van der Waals surface area contributed by atoms with E-state index in [0.717, 1.165) is 10.8 Å². The van der Waals surface area contributed by atoms with Gasteiger partial charge >= 0.3 is 12.1 Å². The Labute approximate surface area is 268 Å². The first-order valence-corrected chi connectivity index (χ1v) is 15.1. The van der Waals surface area contributed by atoms with E-state index in [2.05, 4.69) is 16.0 Å². The zero-order valence-electron chi connectivity index (χ0n) is 26.3. The van der Waals surface area contributed by atoms with Crippen LogP contribution in [0.5, 0.6) is 11.5 Å². The molecule has 4 aromatic carbocycles. The number of rotatable bonds is 8. The van der Waals surface area contributed by atoms with E-state index in [-0.39, 0.29) is 36.6 Å². The minimum Gasteiger partial charge on any atom is -0.497 e. The molecule has 0 aliphatic carbocycles. The first-order valence-electron chi connectivity index (χ1n) is 15.1. The van der Waals surface area contributed by atoms with E-state index < -0.39 is 18.2 Å². The second-order valence-electron chi connectivity index (χ2n) is 11.5. The number of aliphatic hydroxyl groups excluding tert-OH is 1. The van der Waals surface area contributed by atoms with Gasteiger partial charge in [-0.25, -0.2) is 9.59 Å². The Balaban J connectivity index is 1.34. The van der Waals surface area contributed by atoms with Crippen molar-refractivity contribution in [3.63, 3.8) is 0 Å². The van der Waals surface area contributed by atoms with Gasteiger partial charge in [-0.1, -0.05) is 43.3 Å². The second-order valence-corrected chi connectivity index (χ2v) is 11.5. The molecule has 0 spiro atoms. The number of aliphatic hydroxyl groups is 1. The summed E-state index contributed by atoms with van der Waals surface area (Å²) in [5, 5.41) is 20.5. The quantitative estimate of drug-likeness (QED) is 0.194. The zero-order chi connectivity index (χ0) is 32.8. The summed E-state index contributed by atoms with van der Waals surface area (Å²) in [7, 11) is 3.26. The average Bonchev–Trinajstić information content (AvgIpc) is 3.06. The maximum absolute atomic E-state index is 13.8. The lowest BCUT2D eigenvalue weighted by atomic mass is 9.99. The van der Waals surface area contributed by atoms with Crippen molar-refractivity contribution in [1.82, 2.24) is 9.80 Å². The van der Waals surface area contributed by atoms with Crippen LogP contribution in [0.4, 0.5) is 26.7 Å². The number of hydrogen-bond donors (Lipinski definition) is 4. The third-order valence-electron chi connectivity index (χ3n) is 8.10. The molecule has 0 saturated carbocycles. The maximum atomic E-state index is 13.8. The Morgan fingerprint density at radius 3 is 2.43 bits per heavy atom. The molecule has 1 aliphatic rings. The largest absolute Gasteiger partial charge is 0.497 e. The van der Waals surface area contributed by atoms with Gasteiger partial charge in [0, 0.05) is 36.3 Å². The number of hydrogen-bond acceptors (Lipinski definition) is 6. The average molecular weight is 626 g/mol. The van der Waals surface area contributed by atoms with Gasteiger partial charge in [-0.05, 0) is 60.8 Å². The predicted octanol–water partition coefficient (Wildman–Crippen LogP) is 5.88. The lowest BCUT2D eigenvalue weighted by Crippen LogP contribution is -2.50. The fourth-order valence-electron chi connectivity index (χ4n) is 5.38. The summed E-state index contributed by atoms with van der Waals surface area (Å²) in [5.74, 6) is 0.466. The monoisotopic (exact) mass is 625 g/mol. The van der Waals surface area contributed by atoms with Crippen LogP contribution in [0, 0.1) is 5.92 Å². The van der Waals surface area contributed by atoms with Gasteiger partial charge in [0.25, 0.3) is 5.91 Å². The molecule has 46 heavy (non-hydrogen) atoms. The van der Waals surface area contributed by atoms with Crippen LogP contribution >= 0.6 is 0 Å². The zero-order valence-corrected chi connectivity index (χ0v) is 26.3. The molecular formula is C35H39N5O6. The summed E-state index contributed by atoms with van der Waals surface area (Å²) < 4.78 is 11.6. The van der Waals surface area contributed by atoms with Crippen molar-refractivity contribution >= 4 is 45.8 Å². The number of benzene rings is 4. The molecule has 3 atom stereocenters. The second kappa shape index (κ2) is 14.2. The van der Waals surface area contributed by atoms with Crippen LogP contribution in [0.2, 0.25) is 0 Å². The number of urea groups is 2. The number of likely N-dealkylation sites (N-methyl/N-ethyl adjacent to an activating group) is 1. The van der Waals surface area contributed by atoms with Crippen LogP contribution < -0.4 is 25.4 Å². The molecule has 11 heteroatoms. The number of nitrogens with one attached hydrogen (secondary N) is 3. The molecule has 5 amide bonds. The van der Waals surface area contributed by atoms with E-state index >= 15 is 0 Å².